The maximum absolute atomic E-state index is 13.8. The van der Waals surface area contributed by atoms with Crippen molar-refractivity contribution in [2.75, 3.05) is 24.2 Å². The Balaban J connectivity index is 2.48. The van der Waals surface area contributed by atoms with Crippen molar-refractivity contribution < 1.29 is 22.7 Å². The smallest absolute Gasteiger partial charge is 0.244 e. The zero-order valence-corrected chi connectivity index (χ0v) is 23.4. The van der Waals surface area contributed by atoms with Crippen molar-refractivity contribution in [2.24, 2.45) is 0 Å². The largest absolute Gasteiger partial charge is 0.497 e. The monoisotopic (exact) mass is 517 g/mol. The zero-order valence-electron chi connectivity index (χ0n) is 22.6. The number of ether oxygens (including phenoxy) is 1. The molecule has 0 spiro atoms. The van der Waals surface area contributed by atoms with Gasteiger partial charge in [0, 0.05) is 12.1 Å². The molecule has 8 nitrogen and oxygen atoms in total. The van der Waals surface area contributed by atoms with Crippen molar-refractivity contribution in [3.05, 3.63) is 59.2 Å². The van der Waals surface area contributed by atoms with E-state index in [1.807, 2.05) is 59.7 Å². The highest BCUT2D eigenvalue weighted by atomic mass is 32.2. The first-order valence-electron chi connectivity index (χ1n) is 11.9. The molecule has 1 atom stereocenters. The van der Waals surface area contributed by atoms with E-state index >= 15 is 0 Å². The summed E-state index contributed by atoms with van der Waals surface area (Å²) < 4.78 is 31.9. The standard InChI is InChI=1S/C27H39N3O5S/c1-9-24(26(32)28-27(4,5)6)29(17-21-10-12-23(35-7)13-11-21)25(31)18-30(36(8,33)34)22-15-19(2)14-20(3)16-22/h10-16,24H,9,17-18H2,1-8H3,(H,28,32). The van der Waals surface area contributed by atoms with Crippen molar-refractivity contribution >= 4 is 27.5 Å². The highest BCUT2D eigenvalue weighted by Gasteiger charge is 2.33. The second-order valence-electron chi connectivity index (χ2n) is 10.1. The van der Waals surface area contributed by atoms with Crippen LogP contribution in [0.2, 0.25) is 0 Å². The van der Waals surface area contributed by atoms with Crippen LogP contribution >= 0.6 is 0 Å². The molecule has 0 aliphatic rings. The number of amides is 2. The van der Waals surface area contributed by atoms with Gasteiger partial charge in [-0.05, 0) is 82.0 Å². The van der Waals surface area contributed by atoms with E-state index in [9.17, 15) is 18.0 Å². The third-order valence-electron chi connectivity index (χ3n) is 5.57. The number of nitrogens with one attached hydrogen (secondary N) is 1. The molecule has 36 heavy (non-hydrogen) atoms. The van der Waals surface area contributed by atoms with Crippen LogP contribution in [0.5, 0.6) is 5.75 Å². The second kappa shape index (κ2) is 11.8. The first kappa shape index (κ1) is 29.2. The van der Waals surface area contributed by atoms with Crippen molar-refractivity contribution in [3.8, 4) is 5.75 Å². The average molecular weight is 518 g/mol. The summed E-state index contributed by atoms with van der Waals surface area (Å²) >= 11 is 0. The van der Waals surface area contributed by atoms with Crippen LogP contribution in [-0.4, -0.2) is 56.6 Å². The Labute approximate surface area is 215 Å². The number of nitrogens with zero attached hydrogens (tertiary/aromatic N) is 2. The Morgan fingerprint density at radius 3 is 2.03 bits per heavy atom. The minimum Gasteiger partial charge on any atom is -0.497 e. The van der Waals surface area contributed by atoms with Crippen LogP contribution in [-0.2, 0) is 26.2 Å². The Kier molecular flexibility index (Phi) is 9.54. The molecule has 0 radical (unpaired) electrons. The molecule has 198 valence electrons. The van der Waals surface area contributed by atoms with Gasteiger partial charge in [0.1, 0.15) is 18.3 Å². The molecule has 0 heterocycles. The van der Waals surface area contributed by atoms with Gasteiger partial charge in [0.2, 0.25) is 21.8 Å². The van der Waals surface area contributed by atoms with Gasteiger partial charge in [-0.15, -0.1) is 0 Å². The molecule has 0 aliphatic carbocycles. The van der Waals surface area contributed by atoms with E-state index in [0.29, 0.717) is 17.9 Å². The van der Waals surface area contributed by atoms with E-state index in [4.69, 9.17) is 4.74 Å². The van der Waals surface area contributed by atoms with E-state index in [2.05, 4.69) is 5.32 Å². The SMILES string of the molecule is CCC(C(=O)NC(C)(C)C)N(Cc1ccc(OC)cc1)C(=O)CN(c1cc(C)cc(C)c1)S(C)(=O)=O. The summed E-state index contributed by atoms with van der Waals surface area (Å²) in [5.41, 5.74) is 2.50. The van der Waals surface area contributed by atoms with Gasteiger partial charge in [-0.3, -0.25) is 13.9 Å². The van der Waals surface area contributed by atoms with Gasteiger partial charge in [-0.1, -0.05) is 25.1 Å². The summed E-state index contributed by atoms with van der Waals surface area (Å²) in [6.07, 6.45) is 1.45. The number of aryl methyl sites for hydroxylation is 2. The van der Waals surface area contributed by atoms with E-state index < -0.39 is 34.1 Å². The normalized spacial score (nSPS) is 12.6. The number of hydrogen-bond acceptors (Lipinski definition) is 5. The number of rotatable bonds is 10. The molecule has 2 rings (SSSR count). The van der Waals surface area contributed by atoms with E-state index in [1.54, 1.807) is 31.4 Å². The molecule has 1 N–H and O–H groups in total. The molecule has 2 amide bonds. The van der Waals surface area contributed by atoms with Gasteiger partial charge < -0.3 is 15.0 Å². The molecule has 1 unspecified atom stereocenters. The number of hydrogen-bond donors (Lipinski definition) is 1. The van der Waals surface area contributed by atoms with Crippen LogP contribution in [0, 0.1) is 13.8 Å². The average Bonchev–Trinajstić information content (AvgIpc) is 2.74. The summed E-state index contributed by atoms with van der Waals surface area (Å²) in [6, 6.07) is 11.8. The molecular formula is C27H39N3O5S. The number of benzene rings is 2. The minimum absolute atomic E-state index is 0.142. The molecule has 0 fully saturated rings. The fourth-order valence-electron chi connectivity index (χ4n) is 4.01. The molecule has 0 saturated heterocycles. The van der Waals surface area contributed by atoms with E-state index in [0.717, 1.165) is 27.3 Å². The van der Waals surface area contributed by atoms with Crippen LogP contribution in [0.4, 0.5) is 5.69 Å². The number of sulfonamides is 1. The summed E-state index contributed by atoms with van der Waals surface area (Å²) in [5, 5.41) is 2.96. The van der Waals surface area contributed by atoms with Crippen molar-refractivity contribution in [3.63, 3.8) is 0 Å². The van der Waals surface area contributed by atoms with Crippen LogP contribution in [0.1, 0.15) is 50.8 Å². The highest BCUT2D eigenvalue weighted by molar-refractivity contribution is 7.92. The predicted octanol–water partition coefficient (Wildman–Crippen LogP) is 3.80. The lowest BCUT2D eigenvalue weighted by Crippen LogP contribution is -2.55. The van der Waals surface area contributed by atoms with Crippen molar-refractivity contribution in [1.29, 1.82) is 0 Å². The molecule has 0 saturated carbocycles. The molecule has 2 aromatic rings. The number of carbonyl (C=O) groups excluding carboxylic acids is 2. The molecular weight excluding hydrogens is 478 g/mol. The summed E-state index contributed by atoms with van der Waals surface area (Å²) in [6.45, 7) is 10.9. The molecule has 0 aliphatic heterocycles. The van der Waals surface area contributed by atoms with Crippen LogP contribution in [0.15, 0.2) is 42.5 Å². The van der Waals surface area contributed by atoms with Gasteiger partial charge in [0.15, 0.2) is 0 Å². The number of anilines is 1. The van der Waals surface area contributed by atoms with Gasteiger partial charge in [-0.2, -0.15) is 0 Å². The Bertz CT molecular complexity index is 1150. The number of methoxy groups -OCH3 is 1. The summed E-state index contributed by atoms with van der Waals surface area (Å²) in [7, 11) is -2.20. The molecule has 2 aromatic carbocycles. The molecule has 9 heteroatoms. The first-order chi connectivity index (χ1) is 16.6. The van der Waals surface area contributed by atoms with Crippen molar-refractivity contribution in [2.45, 2.75) is 66.1 Å². The second-order valence-corrected chi connectivity index (χ2v) is 12.1. The zero-order chi connectivity index (χ0) is 27.3. The van der Waals surface area contributed by atoms with Crippen molar-refractivity contribution in [1.82, 2.24) is 10.2 Å². The summed E-state index contributed by atoms with van der Waals surface area (Å²) in [4.78, 5) is 28.4. The fourth-order valence-corrected chi connectivity index (χ4v) is 4.84. The molecule has 0 aromatic heterocycles. The van der Waals surface area contributed by atoms with Gasteiger partial charge >= 0.3 is 0 Å². The molecule has 0 bridgehead atoms. The van der Waals surface area contributed by atoms with Crippen LogP contribution in [0.3, 0.4) is 0 Å². The van der Waals surface area contributed by atoms with Gasteiger partial charge in [0.25, 0.3) is 0 Å². The maximum atomic E-state index is 13.8. The third-order valence-corrected chi connectivity index (χ3v) is 6.71. The Morgan fingerprint density at radius 2 is 1.58 bits per heavy atom. The topological polar surface area (TPSA) is 96.0 Å². The van der Waals surface area contributed by atoms with Gasteiger partial charge in [0.05, 0.1) is 19.1 Å². The maximum Gasteiger partial charge on any atom is 0.244 e. The highest BCUT2D eigenvalue weighted by Crippen LogP contribution is 2.23. The quantitative estimate of drug-likeness (QED) is 0.517. The van der Waals surface area contributed by atoms with Crippen LogP contribution < -0.4 is 14.4 Å². The number of carbonyl (C=O) groups is 2. The van der Waals surface area contributed by atoms with Crippen LogP contribution in [0.25, 0.3) is 0 Å². The lowest BCUT2D eigenvalue weighted by Gasteiger charge is -2.34. The first-order valence-corrected chi connectivity index (χ1v) is 13.8. The minimum atomic E-state index is -3.77. The van der Waals surface area contributed by atoms with E-state index in [-0.39, 0.29) is 12.5 Å². The van der Waals surface area contributed by atoms with Gasteiger partial charge in [-0.25, -0.2) is 8.42 Å². The third kappa shape index (κ3) is 8.26. The Morgan fingerprint density at radius 1 is 1.03 bits per heavy atom. The Hall–Kier alpha value is -3.07. The van der Waals surface area contributed by atoms with E-state index in [1.165, 1.54) is 4.90 Å². The lowest BCUT2D eigenvalue weighted by molar-refractivity contribution is -0.141. The fraction of sp³-hybridized carbons (Fsp3) is 0.481. The predicted molar refractivity (Wildman–Crippen MR) is 144 cm³/mol. The summed E-state index contributed by atoms with van der Waals surface area (Å²) in [5.74, 6) is -0.0808. The lowest BCUT2D eigenvalue weighted by atomic mass is 10.1.